The van der Waals surface area contributed by atoms with Gasteiger partial charge >= 0.3 is 0 Å². The highest BCUT2D eigenvalue weighted by Crippen LogP contribution is 2.40. The van der Waals surface area contributed by atoms with Crippen LogP contribution >= 0.6 is 11.6 Å². The van der Waals surface area contributed by atoms with Gasteiger partial charge in [-0.05, 0) is 42.0 Å². The number of carbonyl (C=O) groups excluding carboxylic acids is 1. The Hall–Kier alpha value is -1.71. The van der Waals surface area contributed by atoms with Gasteiger partial charge in [0.05, 0.1) is 0 Å². The Balaban J connectivity index is 1.74. The highest BCUT2D eigenvalue weighted by molar-refractivity contribution is 6.30. The molecule has 1 aliphatic heterocycles. The molecule has 1 saturated heterocycles. The maximum absolute atomic E-state index is 12.8. The maximum Gasteiger partial charge on any atom is 0.194 e. The Bertz CT molecular complexity index is 607. The highest BCUT2D eigenvalue weighted by atomic mass is 35.5. The number of Topliss-reactive ketones (excluding diaryl/α,β-unsaturated/α-hetero) is 1. The first kappa shape index (κ1) is 12.3. The first-order valence-electron chi connectivity index (χ1n) is 5.86. The van der Waals surface area contributed by atoms with Crippen LogP contribution in [0.25, 0.3) is 0 Å². The minimum Gasteiger partial charge on any atom is -0.356 e. The van der Waals surface area contributed by atoms with Crippen LogP contribution in [0.4, 0.5) is 4.39 Å². The van der Waals surface area contributed by atoms with E-state index in [-0.39, 0.29) is 17.7 Å². The van der Waals surface area contributed by atoms with Crippen LogP contribution in [-0.2, 0) is 4.74 Å². The van der Waals surface area contributed by atoms with Gasteiger partial charge in [0.1, 0.15) is 11.9 Å². The lowest BCUT2D eigenvalue weighted by Crippen LogP contribution is -2.08. The molecule has 4 heteroatoms. The predicted molar refractivity (Wildman–Crippen MR) is 69.8 cm³/mol. The average Bonchev–Trinajstić information content (AvgIpc) is 3.20. The van der Waals surface area contributed by atoms with Gasteiger partial charge in [-0.3, -0.25) is 4.79 Å². The minimum absolute atomic E-state index is 0.125. The van der Waals surface area contributed by atoms with Crippen LogP contribution in [0.15, 0.2) is 48.5 Å². The summed E-state index contributed by atoms with van der Waals surface area (Å²) in [6.45, 7) is 0. The molecule has 2 aromatic rings. The Kier molecular flexibility index (Phi) is 3.09. The van der Waals surface area contributed by atoms with Crippen LogP contribution in [-0.4, -0.2) is 11.9 Å². The van der Waals surface area contributed by atoms with Gasteiger partial charge in [0.15, 0.2) is 11.9 Å². The van der Waals surface area contributed by atoms with Crippen LogP contribution in [0.3, 0.4) is 0 Å². The van der Waals surface area contributed by atoms with Crippen molar-refractivity contribution in [3.63, 3.8) is 0 Å². The molecule has 2 atom stereocenters. The molecule has 96 valence electrons. The molecule has 1 aliphatic rings. The summed E-state index contributed by atoms with van der Waals surface area (Å²) in [5, 5.41) is 0.644. The number of ketones is 1. The summed E-state index contributed by atoms with van der Waals surface area (Å²) in [7, 11) is 0. The monoisotopic (exact) mass is 276 g/mol. The zero-order chi connectivity index (χ0) is 13.4. The second kappa shape index (κ2) is 4.76. The lowest BCUT2D eigenvalue weighted by Gasteiger charge is -1.98. The number of halogens is 2. The fourth-order valence-electron chi connectivity index (χ4n) is 2.00. The molecule has 3 rings (SSSR count). The zero-order valence-electron chi connectivity index (χ0n) is 9.85. The second-order valence-corrected chi connectivity index (χ2v) is 4.84. The summed E-state index contributed by atoms with van der Waals surface area (Å²) in [5.74, 6) is -0.484. The number of carbonyl (C=O) groups is 1. The lowest BCUT2D eigenvalue weighted by molar-refractivity contribution is 0.0953. The van der Waals surface area contributed by atoms with Crippen molar-refractivity contribution in [3.05, 3.63) is 70.5 Å². The number of rotatable bonds is 3. The molecule has 0 aromatic heterocycles. The van der Waals surface area contributed by atoms with E-state index in [4.69, 9.17) is 16.3 Å². The number of hydrogen-bond acceptors (Lipinski definition) is 2. The van der Waals surface area contributed by atoms with E-state index >= 15 is 0 Å². The van der Waals surface area contributed by atoms with Gasteiger partial charge in [0.25, 0.3) is 0 Å². The Morgan fingerprint density at radius 1 is 1.05 bits per heavy atom. The molecule has 0 amide bonds. The number of ether oxygens (including phenoxy) is 1. The molecule has 0 bridgehead atoms. The normalized spacial score (nSPS) is 21.2. The molecule has 0 saturated carbocycles. The standard InChI is InChI=1S/C15H10ClFO2/c16-11-5-1-10(2-6-11)14-15(19-14)13(18)9-3-7-12(17)8-4-9/h1-8,14-15H/t14-,15-/m1/s1. The van der Waals surface area contributed by atoms with E-state index in [1.54, 1.807) is 12.1 Å². The molecule has 1 fully saturated rings. The third kappa shape index (κ3) is 2.53. The molecular formula is C15H10ClFO2. The molecule has 2 nitrogen and oxygen atoms in total. The SMILES string of the molecule is O=C(c1ccc(F)cc1)[C@H]1O[C@@H]1c1ccc(Cl)cc1. The van der Waals surface area contributed by atoms with E-state index < -0.39 is 6.10 Å². The van der Waals surface area contributed by atoms with Crippen LogP contribution < -0.4 is 0 Å². The Morgan fingerprint density at radius 3 is 2.32 bits per heavy atom. The molecule has 0 N–H and O–H groups in total. The van der Waals surface area contributed by atoms with Crippen molar-refractivity contribution in [2.24, 2.45) is 0 Å². The van der Waals surface area contributed by atoms with Gasteiger partial charge in [-0.15, -0.1) is 0 Å². The quantitative estimate of drug-likeness (QED) is 0.630. The molecular weight excluding hydrogens is 267 g/mol. The predicted octanol–water partition coefficient (Wildman–Crippen LogP) is 3.80. The summed E-state index contributed by atoms with van der Waals surface area (Å²) < 4.78 is 18.2. The second-order valence-electron chi connectivity index (χ2n) is 4.40. The zero-order valence-corrected chi connectivity index (χ0v) is 10.6. The van der Waals surface area contributed by atoms with Crippen LogP contribution in [0.2, 0.25) is 5.02 Å². The van der Waals surface area contributed by atoms with E-state index in [1.807, 2.05) is 12.1 Å². The third-order valence-electron chi connectivity index (χ3n) is 3.08. The van der Waals surface area contributed by atoms with E-state index in [9.17, 15) is 9.18 Å². The number of benzene rings is 2. The average molecular weight is 277 g/mol. The minimum atomic E-state index is -0.480. The molecule has 0 spiro atoms. The van der Waals surface area contributed by atoms with E-state index in [0.29, 0.717) is 10.6 Å². The smallest absolute Gasteiger partial charge is 0.194 e. The molecule has 19 heavy (non-hydrogen) atoms. The molecule has 2 aromatic carbocycles. The lowest BCUT2D eigenvalue weighted by atomic mass is 10.0. The van der Waals surface area contributed by atoms with Crippen LogP contribution in [0.1, 0.15) is 22.0 Å². The fraction of sp³-hybridized carbons (Fsp3) is 0.133. The van der Waals surface area contributed by atoms with Crippen LogP contribution in [0, 0.1) is 5.82 Å². The Labute approximate surface area is 114 Å². The summed E-state index contributed by atoms with van der Waals surface area (Å²) in [6.07, 6.45) is -0.707. The Morgan fingerprint density at radius 2 is 1.68 bits per heavy atom. The van der Waals surface area contributed by atoms with Crippen molar-refractivity contribution in [2.45, 2.75) is 12.2 Å². The summed E-state index contributed by atoms with van der Waals surface area (Å²) in [6, 6.07) is 12.7. The topological polar surface area (TPSA) is 29.6 Å². The van der Waals surface area contributed by atoms with E-state index in [1.165, 1.54) is 24.3 Å². The maximum atomic E-state index is 12.8. The molecule has 0 aliphatic carbocycles. The van der Waals surface area contributed by atoms with Gasteiger partial charge in [0.2, 0.25) is 0 Å². The van der Waals surface area contributed by atoms with Gasteiger partial charge in [-0.2, -0.15) is 0 Å². The largest absolute Gasteiger partial charge is 0.356 e. The van der Waals surface area contributed by atoms with E-state index in [2.05, 4.69) is 0 Å². The van der Waals surface area contributed by atoms with Crippen molar-refractivity contribution in [3.8, 4) is 0 Å². The van der Waals surface area contributed by atoms with Crippen molar-refractivity contribution < 1.29 is 13.9 Å². The van der Waals surface area contributed by atoms with Crippen molar-refractivity contribution >= 4 is 17.4 Å². The van der Waals surface area contributed by atoms with Crippen molar-refractivity contribution in [1.29, 1.82) is 0 Å². The van der Waals surface area contributed by atoms with Gasteiger partial charge in [-0.1, -0.05) is 23.7 Å². The summed E-state index contributed by atoms with van der Waals surface area (Å²) in [5.41, 5.74) is 1.38. The number of epoxide rings is 1. The van der Waals surface area contributed by atoms with Gasteiger partial charge < -0.3 is 4.74 Å². The third-order valence-corrected chi connectivity index (χ3v) is 3.33. The van der Waals surface area contributed by atoms with Gasteiger partial charge in [0, 0.05) is 10.6 Å². The van der Waals surface area contributed by atoms with Crippen molar-refractivity contribution in [1.82, 2.24) is 0 Å². The van der Waals surface area contributed by atoms with Gasteiger partial charge in [-0.25, -0.2) is 4.39 Å². The first-order valence-corrected chi connectivity index (χ1v) is 6.23. The molecule has 0 unspecified atom stereocenters. The molecule has 1 heterocycles. The first-order chi connectivity index (χ1) is 9.15. The molecule has 0 radical (unpaired) electrons. The summed E-state index contributed by atoms with van der Waals surface area (Å²) >= 11 is 5.80. The van der Waals surface area contributed by atoms with Crippen LogP contribution in [0.5, 0.6) is 0 Å². The van der Waals surface area contributed by atoms with Crippen molar-refractivity contribution in [2.75, 3.05) is 0 Å². The fourth-order valence-corrected chi connectivity index (χ4v) is 2.12. The summed E-state index contributed by atoms with van der Waals surface area (Å²) in [4.78, 5) is 12.1. The number of hydrogen-bond donors (Lipinski definition) is 0. The highest BCUT2D eigenvalue weighted by Gasteiger charge is 2.46. The van der Waals surface area contributed by atoms with E-state index in [0.717, 1.165) is 5.56 Å².